The van der Waals surface area contributed by atoms with Gasteiger partial charge in [-0.15, -0.1) is 0 Å². The van der Waals surface area contributed by atoms with Crippen LogP contribution in [0, 0.1) is 0 Å². The standard InChI is InChI=1S/C26H33N3O3/c1-3-16-26(17-4-2)24(31)29(25(32)28-26)19-23(30)27-18-15-22(20-11-7-5-8-12-20)21-13-9-6-10-14-21/h5-14,22H,3-4,15-19H2,1-2H3,(H,27,30)(H,28,32). The smallest absolute Gasteiger partial charge is 0.325 e. The molecule has 1 aliphatic heterocycles. The number of hydrogen-bond acceptors (Lipinski definition) is 3. The molecule has 6 heteroatoms. The van der Waals surface area contributed by atoms with Gasteiger partial charge in [-0.3, -0.25) is 14.5 Å². The second kappa shape index (κ2) is 10.9. The number of urea groups is 1. The fraction of sp³-hybridized carbons (Fsp3) is 0.423. The molecule has 6 nitrogen and oxygen atoms in total. The minimum atomic E-state index is -0.868. The fourth-order valence-electron chi connectivity index (χ4n) is 4.59. The van der Waals surface area contributed by atoms with Crippen LogP contribution in [0.2, 0.25) is 0 Å². The summed E-state index contributed by atoms with van der Waals surface area (Å²) >= 11 is 0. The average molecular weight is 436 g/mol. The molecule has 2 aromatic rings. The topological polar surface area (TPSA) is 78.5 Å². The van der Waals surface area contributed by atoms with Crippen LogP contribution in [0.4, 0.5) is 4.79 Å². The second-order valence-electron chi connectivity index (χ2n) is 8.42. The molecule has 1 heterocycles. The molecule has 1 fully saturated rings. The Morgan fingerprint density at radius 1 is 0.938 bits per heavy atom. The zero-order valence-electron chi connectivity index (χ0n) is 19.0. The van der Waals surface area contributed by atoms with Gasteiger partial charge in [0.25, 0.3) is 5.91 Å². The largest absolute Gasteiger partial charge is 0.355 e. The van der Waals surface area contributed by atoms with Crippen LogP contribution >= 0.6 is 0 Å². The maximum absolute atomic E-state index is 13.0. The molecule has 1 saturated heterocycles. The van der Waals surface area contributed by atoms with Gasteiger partial charge in [-0.25, -0.2) is 4.79 Å². The summed E-state index contributed by atoms with van der Waals surface area (Å²) in [6, 6.07) is 19.9. The molecule has 3 rings (SSSR count). The molecule has 0 spiro atoms. The summed E-state index contributed by atoms with van der Waals surface area (Å²) < 4.78 is 0. The van der Waals surface area contributed by atoms with Gasteiger partial charge in [0.05, 0.1) is 0 Å². The number of amides is 4. The number of imide groups is 1. The normalized spacial score (nSPS) is 15.2. The molecule has 0 radical (unpaired) electrons. The molecule has 1 aliphatic rings. The Morgan fingerprint density at radius 3 is 1.97 bits per heavy atom. The van der Waals surface area contributed by atoms with Crippen molar-refractivity contribution in [2.24, 2.45) is 0 Å². The maximum Gasteiger partial charge on any atom is 0.325 e. The van der Waals surface area contributed by atoms with E-state index in [1.54, 1.807) is 0 Å². The summed E-state index contributed by atoms with van der Waals surface area (Å²) in [5, 5.41) is 5.75. The number of nitrogens with zero attached hydrogens (tertiary/aromatic N) is 1. The second-order valence-corrected chi connectivity index (χ2v) is 8.42. The van der Waals surface area contributed by atoms with E-state index < -0.39 is 11.6 Å². The van der Waals surface area contributed by atoms with Gasteiger partial charge in [-0.1, -0.05) is 87.4 Å². The van der Waals surface area contributed by atoms with Crippen LogP contribution in [-0.4, -0.2) is 41.4 Å². The average Bonchev–Trinajstić information content (AvgIpc) is 3.02. The predicted octanol–water partition coefficient (Wildman–Crippen LogP) is 4.22. The van der Waals surface area contributed by atoms with E-state index in [2.05, 4.69) is 34.9 Å². The minimum Gasteiger partial charge on any atom is -0.355 e. The number of carbonyl (C=O) groups is 3. The van der Waals surface area contributed by atoms with Crippen LogP contribution in [-0.2, 0) is 9.59 Å². The molecular weight excluding hydrogens is 402 g/mol. The third-order valence-electron chi connectivity index (χ3n) is 6.06. The highest BCUT2D eigenvalue weighted by molar-refractivity contribution is 6.09. The van der Waals surface area contributed by atoms with E-state index in [0.29, 0.717) is 19.4 Å². The van der Waals surface area contributed by atoms with E-state index in [0.717, 1.165) is 24.2 Å². The molecule has 32 heavy (non-hydrogen) atoms. The lowest BCUT2D eigenvalue weighted by Crippen LogP contribution is -2.47. The number of nitrogens with one attached hydrogen (secondary N) is 2. The van der Waals surface area contributed by atoms with Gasteiger partial charge < -0.3 is 10.6 Å². The van der Waals surface area contributed by atoms with Crippen molar-refractivity contribution in [3.8, 4) is 0 Å². The van der Waals surface area contributed by atoms with E-state index in [1.807, 2.05) is 50.2 Å². The van der Waals surface area contributed by atoms with Crippen LogP contribution in [0.15, 0.2) is 60.7 Å². The molecule has 4 amide bonds. The summed E-state index contributed by atoms with van der Waals surface area (Å²) in [6.45, 7) is 4.18. The first kappa shape index (κ1) is 23.5. The summed E-state index contributed by atoms with van der Waals surface area (Å²) in [5.41, 5.74) is 1.50. The van der Waals surface area contributed by atoms with Gasteiger partial charge in [-0.05, 0) is 30.4 Å². The van der Waals surface area contributed by atoms with Gasteiger partial charge in [0.1, 0.15) is 12.1 Å². The predicted molar refractivity (Wildman–Crippen MR) is 125 cm³/mol. The SMILES string of the molecule is CCCC1(CCC)NC(=O)N(CC(=O)NCCC(c2ccccc2)c2ccccc2)C1=O. The zero-order valence-corrected chi connectivity index (χ0v) is 19.0. The Morgan fingerprint density at radius 2 is 1.47 bits per heavy atom. The molecular formula is C26H33N3O3. The van der Waals surface area contributed by atoms with Crippen LogP contribution < -0.4 is 10.6 Å². The van der Waals surface area contributed by atoms with Crippen molar-refractivity contribution < 1.29 is 14.4 Å². The lowest BCUT2D eigenvalue weighted by molar-refractivity contribution is -0.135. The third-order valence-corrected chi connectivity index (χ3v) is 6.06. The van der Waals surface area contributed by atoms with Crippen molar-refractivity contribution in [2.75, 3.05) is 13.1 Å². The summed E-state index contributed by atoms with van der Waals surface area (Å²) in [4.78, 5) is 39.1. The Labute approximate surface area is 190 Å². The first-order valence-electron chi connectivity index (χ1n) is 11.5. The molecule has 0 aliphatic carbocycles. The Balaban J connectivity index is 1.60. The maximum atomic E-state index is 13.0. The van der Waals surface area contributed by atoms with Crippen molar-refractivity contribution in [3.63, 3.8) is 0 Å². The van der Waals surface area contributed by atoms with Gasteiger partial charge in [-0.2, -0.15) is 0 Å². The van der Waals surface area contributed by atoms with Gasteiger partial charge >= 0.3 is 6.03 Å². The van der Waals surface area contributed by atoms with Crippen LogP contribution in [0.25, 0.3) is 0 Å². The van der Waals surface area contributed by atoms with E-state index >= 15 is 0 Å². The number of hydrogen-bond donors (Lipinski definition) is 2. The molecule has 0 atom stereocenters. The highest BCUT2D eigenvalue weighted by Crippen LogP contribution is 2.29. The minimum absolute atomic E-state index is 0.149. The molecule has 0 bridgehead atoms. The molecule has 0 aromatic heterocycles. The van der Waals surface area contributed by atoms with Crippen molar-refractivity contribution in [1.29, 1.82) is 0 Å². The summed E-state index contributed by atoms with van der Waals surface area (Å²) in [6.07, 6.45) is 3.45. The molecule has 0 saturated carbocycles. The zero-order chi connectivity index (χ0) is 23.0. The van der Waals surface area contributed by atoms with Gasteiger partial charge in [0, 0.05) is 12.5 Å². The van der Waals surface area contributed by atoms with Crippen molar-refractivity contribution in [3.05, 3.63) is 71.8 Å². The van der Waals surface area contributed by atoms with E-state index in [9.17, 15) is 14.4 Å². The number of rotatable bonds is 11. The first-order chi connectivity index (χ1) is 15.5. The Kier molecular flexibility index (Phi) is 8.03. The summed E-state index contributed by atoms with van der Waals surface area (Å²) in [5.74, 6) is -0.457. The monoisotopic (exact) mass is 435 g/mol. The fourth-order valence-corrected chi connectivity index (χ4v) is 4.59. The van der Waals surface area contributed by atoms with Gasteiger partial charge in [0.15, 0.2) is 0 Å². The Hall–Kier alpha value is -3.15. The Bertz CT molecular complexity index is 869. The molecule has 2 N–H and O–H groups in total. The van der Waals surface area contributed by atoms with Crippen molar-refractivity contribution in [1.82, 2.24) is 15.5 Å². The lowest BCUT2D eigenvalue weighted by Gasteiger charge is -2.25. The lowest BCUT2D eigenvalue weighted by atomic mass is 9.88. The molecule has 2 aromatic carbocycles. The van der Waals surface area contributed by atoms with Crippen molar-refractivity contribution >= 4 is 17.8 Å². The first-order valence-corrected chi connectivity index (χ1v) is 11.5. The van der Waals surface area contributed by atoms with E-state index in [1.165, 1.54) is 11.1 Å². The molecule has 170 valence electrons. The van der Waals surface area contributed by atoms with Crippen LogP contribution in [0.3, 0.4) is 0 Å². The number of benzene rings is 2. The van der Waals surface area contributed by atoms with Gasteiger partial charge in [0.2, 0.25) is 5.91 Å². The van der Waals surface area contributed by atoms with E-state index in [-0.39, 0.29) is 24.3 Å². The van der Waals surface area contributed by atoms with E-state index in [4.69, 9.17) is 0 Å². The van der Waals surface area contributed by atoms with Crippen LogP contribution in [0.5, 0.6) is 0 Å². The van der Waals surface area contributed by atoms with Crippen molar-refractivity contribution in [2.45, 2.75) is 57.4 Å². The van der Waals surface area contributed by atoms with Crippen LogP contribution in [0.1, 0.15) is 63.0 Å². The highest BCUT2D eigenvalue weighted by Gasteiger charge is 2.50. The summed E-state index contributed by atoms with van der Waals surface area (Å²) in [7, 11) is 0. The highest BCUT2D eigenvalue weighted by atomic mass is 16.2. The quantitative estimate of drug-likeness (QED) is 0.519. The number of carbonyl (C=O) groups excluding carboxylic acids is 3. The third kappa shape index (κ3) is 5.36. The molecule has 0 unspecified atom stereocenters.